The molecule has 1 aromatic heterocycles. The van der Waals surface area contributed by atoms with E-state index in [2.05, 4.69) is 15.3 Å². The second kappa shape index (κ2) is 11.2. The van der Waals surface area contributed by atoms with Crippen molar-refractivity contribution in [3.05, 3.63) is 65.6 Å². The molecule has 1 aliphatic heterocycles. The van der Waals surface area contributed by atoms with Crippen molar-refractivity contribution in [1.82, 2.24) is 20.0 Å². The van der Waals surface area contributed by atoms with Gasteiger partial charge < -0.3 is 19.7 Å². The number of hydrogen-bond acceptors (Lipinski definition) is 5. The van der Waals surface area contributed by atoms with Crippen LogP contribution in [0, 0.1) is 12.7 Å². The van der Waals surface area contributed by atoms with Crippen LogP contribution in [0.1, 0.15) is 30.5 Å². The number of amides is 1. The number of para-hydroxylation sites is 1. The Morgan fingerprint density at radius 1 is 1.12 bits per heavy atom. The van der Waals surface area contributed by atoms with E-state index in [4.69, 9.17) is 9.47 Å². The molecule has 34 heavy (non-hydrogen) atoms. The van der Waals surface area contributed by atoms with Gasteiger partial charge in [-0.1, -0.05) is 12.1 Å². The van der Waals surface area contributed by atoms with Gasteiger partial charge in [-0.05, 0) is 75.7 Å². The van der Waals surface area contributed by atoms with Crippen molar-refractivity contribution < 1.29 is 18.7 Å². The molecule has 4 rings (SSSR count). The maximum absolute atomic E-state index is 14.4. The van der Waals surface area contributed by atoms with Gasteiger partial charge >= 0.3 is 0 Å². The Morgan fingerprint density at radius 2 is 1.85 bits per heavy atom. The number of methoxy groups -OCH3 is 1. The highest BCUT2D eigenvalue weighted by atomic mass is 19.1. The highest BCUT2D eigenvalue weighted by molar-refractivity contribution is 5.76. The molecule has 0 bridgehead atoms. The Morgan fingerprint density at radius 3 is 2.56 bits per heavy atom. The van der Waals surface area contributed by atoms with Gasteiger partial charge in [-0.25, -0.2) is 9.07 Å². The average molecular weight is 467 g/mol. The van der Waals surface area contributed by atoms with Crippen LogP contribution in [0.3, 0.4) is 0 Å². The average Bonchev–Trinajstić information content (AvgIpc) is 3.47. The fraction of sp³-hybridized carbons (Fsp3) is 0.385. The second-order valence-electron chi connectivity index (χ2n) is 8.41. The Balaban J connectivity index is 1.52. The number of carbonyl (C=O) groups excluding carboxylic acids is 1. The minimum atomic E-state index is -0.465. The van der Waals surface area contributed by atoms with Crippen LogP contribution in [-0.2, 0) is 11.2 Å². The van der Waals surface area contributed by atoms with Gasteiger partial charge in [0.05, 0.1) is 18.5 Å². The summed E-state index contributed by atoms with van der Waals surface area (Å²) in [5.74, 6) is 0.738. The molecule has 0 aliphatic carbocycles. The summed E-state index contributed by atoms with van der Waals surface area (Å²) >= 11 is 0. The van der Waals surface area contributed by atoms with Crippen molar-refractivity contribution in [2.24, 2.45) is 0 Å². The summed E-state index contributed by atoms with van der Waals surface area (Å²) in [6.45, 7) is 5.60. The Hall–Kier alpha value is -3.39. The van der Waals surface area contributed by atoms with Crippen molar-refractivity contribution in [2.45, 2.75) is 32.6 Å². The topological polar surface area (TPSA) is 68.6 Å². The molecule has 1 aliphatic rings. The number of aromatic nitrogens is 2. The summed E-state index contributed by atoms with van der Waals surface area (Å²) in [6, 6.07) is 13.6. The summed E-state index contributed by atoms with van der Waals surface area (Å²) in [4.78, 5) is 14.9. The third-order valence-corrected chi connectivity index (χ3v) is 6.05. The minimum absolute atomic E-state index is 0.0207. The van der Waals surface area contributed by atoms with Crippen LogP contribution in [0.15, 0.2) is 48.5 Å². The maximum Gasteiger partial charge on any atom is 0.226 e. The first-order valence-corrected chi connectivity index (χ1v) is 11.7. The molecule has 0 spiro atoms. The smallest absolute Gasteiger partial charge is 0.226 e. The predicted molar refractivity (Wildman–Crippen MR) is 128 cm³/mol. The zero-order chi connectivity index (χ0) is 23.9. The molecule has 1 fully saturated rings. The van der Waals surface area contributed by atoms with Crippen LogP contribution in [0.4, 0.5) is 4.39 Å². The number of rotatable bonds is 10. The normalized spacial score (nSPS) is 13.7. The molecule has 3 aromatic rings. The second-order valence-corrected chi connectivity index (χ2v) is 8.41. The predicted octanol–water partition coefficient (Wildman–Crippen LogP) is 4.27. The summed E-state index contributed by atoms with van der Waals surface area (Å²) in [5.41, 5.74) is 2.25. The molecular formula is C26H31FN4O3. The summed E-state index contributed by atoms with van der Waals surface area (Å²) < 4.78 is 27.3. The standard InChI is InChI=1S/C26H31FN4O3/c1-19-22(13-14-25(32)28-15-18-30-16-5-6-17-30)26(34-24-8-4-3-7-23(24)27)31(29-19)20-9-11-21(33-2)12-10-20/h3-4,7-12H,5-6,13-18H2,1-2H3,(H,28,32). The molecule has 1 N–H and O–H groups in total. The number of carbonyl (C=O) groups is 1. The third kappa shape index (κ3) is 5.75. The van der Waals surface area contributed by atoms with E-state index in [1.807, 2.05) is 31.2 Å². The lowest BCUT2D eigenvalue weighted by Crippen LogP contribution is -2.33. The molecule has 0 saturated carbocycles. The van der Waals surface area contributed by atoms with Crippen LogP contribution >= 0.6 is 0 Å². The van der Waals surface area contributed by atoms with E-state index < -0.39 is 5.82 Å². The SMILES string of the molecule is COc1ccc(-n2nc(C)c(CCC(=O)NCCN3CCCC3)c2Oc2ccccc2F)cc1. The van der Waals surface area contributed by atoms with Crippen LogP contribution in [0.2, 0.25) is 0 Å². The van der Waals surface area contributed by atoms with Gasteiger partial charge in [0.15, 0.2) is 11.6 Å². The summed E-state index contributed by atoms with van der Waals surface area (Å²) in [5, 5.41) is 7.65. The fourth-order valence-corrected chi connectivity index (χ4v) is 4.15. The van der Waals surface area contributed by atoms with Crippen molar-refractivity contribution in [2.75, 3.05) is 33.3 Å². The van der Waals surface area contributed by atoms with Crippen LogP contribution in [0.5, 0.6) is 17.4 Å². The number of nitrogens with zero attached hydrogens (tertiary/aromatic N) is 3. The van der Waals surface area contributed by atoms with E-state index in [1.54, 1.807) is 30.0 Å². The largest absolute Gasteiger partial charge is 0.497 e. The van der Waals surface area contributed by atoms with Gasteiger partial charge in [-0.15, -0.1) is 0 Å². The van der Waals surface area contributed by atoms with E-state index in [1.165, 1.54) is 18.9 Å². The summed E-state index contributed by atoms with van der Waals surface area (Å²) in [7, 11) is 1.61. The van der Waals surface area contributed by atoms with Crippen LogP contribution in [0.25, 0.3) is 5.69 Å². The van der Waals surface area contributed by atoms with Crippen molar-refractivity contribution in [3.8, 4) is 23.1 Å². The zero-order valence-corrected chi connectivity index (χ0v) is 19.7. The highest BCUT2D eigenvalue weighted by Gasteiger charge is 2.21. The summed E-state index contributed by atoms with van der Waals surface area (Å²) in [6.07, 6.45) is 3.19. The number of benzene rings is 2. The highest BCUT2D eigenvalue weighted by Crippen LogP contribution is 2.33. The van der Waals surface area contributed by atoms with Gasteiger partial charge in [0.2, 0.25) is 11.8 Å². The van der Waals surface area contributed by atoms with E-state index >= 15 is 0 Å². The molecule has 2 heterocycles. The number of hydrogen-bond donors (Lipinski definition) is 1. The molecule has 8 heteroatoms. The minimum Gasteiger partial charge on any atom is -0.497 e. The lowest BCUT2D eigenvalue weighted by atomic mass is 10.1. The Labute approximate surface area is 199 Å². The van der Waals surface area contributed by atoms with E-state index in [-0.39, 0.29) is 11.7 Å². The zero-order valence-electron chi connectivity index (χ0n) is 19.7. The molecule has 0 atom stereocenters. The first-order valence-electron chi connectivity index (χ1n) is 11.7. The lowest BCUT2D eigenvalue weighted by molar-refractivity contribution is -0.121. The molecule has 1 saturated heterocycles. The molecule has 0 unspecified atom stereocenters. The number of halogens is 1. The number of likely N-dealkylation sites (tertiary alicyclic amines) is 1. The van der Waals surface area contributed by atoms with Gasteiger partial charge in [0.25, 0.3) is 0 Å². The van der Waals surface area contributed by atoms with E-state index in [0.717, 1.165) is 42.3 Å². The maximum atomic E-state index is 14.4. The van der Waals surface area contributed by atoms with Gasteiger partial charge in [0.1, 0.15) is 5.75 Å². The number of aryl methyl sites for hydroxylation is 1. The van der Waals surface area contributed by atoms with Gasteiger partial charge in [-0.2, -0.15) is 5.10 Å². The molecular weight excluding hydrogens is 435 g/mol. The number of ether oxygens (including phenoxy) is 2. The molecule has 2 aromatic carbocycles. The molecule has 180 valence electrons. The van der Waals surface area contributed by atoms with Gasteiger partial charge in [-0.3, -0.25) is 4.79 Å². The van der Waals surface area contributed by atoms with Crippen LogP contribution in [-0.4, -0.2) is 53.9 Å². The Kier molecular flexibility index (Phi) is 7.80. The van der Waals surface area contributed by atoms with Crippen molar-refractivity contribution in [3.63, 3.8) is 0 Å². The molecule has 7 nitrogen and oxygen atoms in total. The molecule has 1 amide bonds. The first-order chi connectivity index (χ1) is 16.5. The van der Waals surface area contributed by atoms with Gasteiger partial charge in [0, 0.05) is 25.1 Å². The van der Waals surface area contributed by atoms with Crippen molar-refractivity contribution >= 4 is 5.91 Å². The van der Waals surface area contributed by atoms with E-state index in [0.29, 0.717) is 25.3 Å². The third-order valence-electron chi connectivity index (χ3n) is 6.05. The van der Waals surface area contributed by atoms with Crippen molar-refractivity contribution in [1.29, 1.82) is 0 Å². The Bertz CT molecular complexity index is 1110. The van der Waals surface area contributed by atoms with Crippen LogP contribution < -0.4 is 14.8 Å². The van der Waals surface area contributed by atoms with E-state index in [9.17, 15) is 9.18 Å². The number of nitrogens with one attached hydrogen (secondary N) is 1. The fourth-order valence-electron chi connectivity index (χ4n) is 4.15. The monoisotopic (exact) mass is 466 g/mol. The first kappa shape index (κ1) is 23.8. The lowest BCUT2D eigenvalue weighted by Gasteiger charge is -2.15. The quantitative estimate of drug-likeness (QED) is 0.483. The molecule has 0 radical (unpaired) electrons.